The Morgan fingerprint density at radius 2 is 2.18 bits per heavy atom. The Kier molecular flexibility index (Phi) is 3.10. The molecule has 0 aromatic heterocycles. The maximum absolute atomic E-state index is 12.9. The van der Waals surface area contributed by atoms with Crippen LogP contribution < -0.4 is 0 Å². The lowest BCUT2D eigenvalue weighted by atomic mass is 9.94. The summed E-state index contributed by atoms with van der Waals surface area (Å²) in [6, 6.07) is 0. The molecule has 0 saturated carbocycles. The van der Waals surface area contributed by atoms with E-state index in [9.17, 15) is 4.39 Å². The van der Waals surface area contributed by atoms with E-state index in [2.05, 4.69) is 6.08 Å². The van der Waals surface area contributed by atoms with Gasteiger partial charge in [0.15, 0.2) is 4.18 Å². The number of hydrogen-bond donors (Lipinski definition) is 0. The zero-order valence-corrected chi connectivity index (χ0v) is 8.98. The average molecular weight is 266 g/mol. The molecule has 1 unspecified atom stereocenters. The molecule has 62 valence electrons. The van der Waals surface area contributed by atoms with Gasteiger partial charge in [-0.3, -0.25) is 0 Å². The van der Waals surface area contributed by atoms with E-state index in [1.807, 2.05) is 36.4 Å². The van der Waals surface area contributed by atoms with E-state index in [1.165, 1.54) is 5.57 Å². The predicted molar refractivity (Wildman–Crippen MR) is 54.6 cm³/mol. The largest absolute Gasteiger partial charge is 0.231 e. The molecule has 0 bridgehead atoms. The number of allylic oxidation sites excluding steroid dienone is 4. The molecule has 11 heavy (non-hydrogen) atoms. The lowest BCUT2D eigenvalue weighted by Gasteiger charge is -2.16. The standard InChI is InChI=1S/C9H12FI/c1-6-4-3-5-8(7(6)2)9(10)11/h4,9H,3,5H2,1-2H3. The third-order valence-corrected chi connectivity index (χ3v) is 2.95. The summed E-state index contributed by atoms with van der Waals surface area (Å²) in [5, 5.41) is 0. The third kappa shape index (κ3) is 2.04. The van der Waals surface area contributed by atoms with E-state index >= 15 is 0 Å². The van der Waals surface area contributed by atoms with Crippen LogP contribution in [-0.2, 0) is 0 Å². The minimum absolute atomic E-state index is 0.795. The van der Waals surface area contributed by atoms with Gasteiger partial charge in [-0.05, 0) is 60.4 Å². The Bertz CT molecular complexity index is 214. The normalized spacial score (nSPS) is 21.6. The highest BCUT2D eigenvalue weighted by molar-refractivity contribution is 14.1. The first kappa shape index (κ1) is 9.23. The summed E-state index contributed by atoms with van der Waals surface area (Å²) in [7, 11) is 0. The van der Waals surface area contributed by atoms with Gasteiger partial charge in [0.05, 0.1) is 0 Å². The van der Waals surface area contributed by atoms with Crippen LogP contribution >= 0.6 is 22.6 Å². The van der Waals surface area contributed by atoms with E-state index in [0.717, 1.165) is 24.0 Å². The fourth-order valence-electron chi connectivity index (χ4n) is 1.31. The summed E-state index contributed by atoms with van der Waals surface area (Å²) in [5.41, 5.74) is 3.37. The molecule has 0 fully saturated rings. The van der Waals surface area contributed by atoms with Gasteiger partial charge < -0.3 is 0 Å². The van der Waals surface area contributed by atoms with Crippen molar-refractivity contribution >= 4 is 22.6 Å². The van der Waals surface area contributed by atoms with E-state index in [1.54, 1.807) is 0 Å². The molecule has 0 radical (unpaired) electrons. The van der Waals surface area contributed by atoms with Gasteiger partial charge in [-0.15, -0.1) is 0 Å². The molecule has 0 nitrogen and oxygen atoms in total. The molecule has 1 atom stereocenters. The molecular weight excluding hydrogens is 254 g/mol. The first-order valence-corrected chi connectivity index (χ1v) is 5.02. The summed E-state index contributed by atoms with van der Waals surface area (Å²) in [4.78, 5) is 0. The highest BCUT2D eigenvalue weighted by Gasteiger charge is 2.15. The first-order valence-electron chi connectivity index (χ1n) is 3.78. The fraction of sp³-hybridized carbons (Fsp3) is 0.556. The molecule has 0 aliphatic heterocycles. The van der Waals surface area contributed by atoms with Crippen LogP contribution in [-0.4, -0.2) is 4.18 Å². The zero-order valence-electron chi connectivity index (χ0n) is 6.82. The van der Waals surface area contributed by atoms with Crippen LogP contribution in [0, 0.1) is 0 Å². The van der Waals surface area contributed by atoms with Gasteiger partial charge in [0.1, 0.15) is 0 Å². The van der Waals surface area contributed by atoms with Crippen LogP contribution in [0.5, 0.6) is 0 Å². The van der Waals surface area contributed by atoms with Crippen molar-refractivity contribution in [3.8, 4) is 0 Å². The first-order chi connectivity index (χ1) is 5.13. The van der Waals surface area contributed by atoms with Crippen molar-refractivity contribution in [3.05, 3.63) is 22.8 Å². The van der Waals surface area contributed by atoms with E-state index in [-0.39, 0.29) is 0 Å². The molecule has 1 aliphatic rings. The smallest absolute Gasteiger partial charge is 0.172 e. The van der Waals surface area contributed by atoms with Crippen molar-refractivity contribution in [3.63, 3.8) is 0 Å². The second-order valence-electron chi connectivity index (χ2n) is 2.88. The highest BCUT2D eigenvalue weighted by atomic mass is 127. The van der Waals surface area contributed by atoms with Gasteiger partial charge >= 0.3 is 0 Å². The molecule has 1 rings (SSSR count). The zero-order chi connectivity index (χ0) is 8.43. The minimum atomic E-state index is -0.795. The van der Waals surface area contributed by atoms with Gasteiger partial charge in [0, 0.05) is 0 Å². The van der Waals surface area contributed by atoms with E-state index in [4.69, 9.17) is 0 Å². The van der Waals surface area contributed by atoms with Gasteiger partial charge in [-0.1, -0.05) is 11.6 Å². The SMILES string of the molecule is CC1=CCCC(C(F)I)=C1C. The summed E-state index contributed by atoms with van der Waals surface area (Å²) in [6.07, 6.45) is 4.08. The number of halogens is 2. The number of rotatable bonds is 1. The fourth-order valence-corrected chi connectivity index (χ4v) is 2.09. The van der Waals surface area contributed by atoms with Crippen LogP contribution in [0.4, 0.5) is 4.39 Å². The van der Waals surface area contributed by atoms with Crippen LogP contribution in [0.15, 0.2) is 22.8 Å². The van der Waals surface area contributed by atoms with Gasteiger partial charge in [0.25, 0.3) is 0 Å². The molecule has 1 aliphatic carbocycles. The Labute approximate surface area is 80.7 Å². The molecule has 0 aromatic rings. The van der Waals surface area contributed by atoms with Crippen molar-refractivity contribution in [1.82, 2.24) is 0 Å². The minimum Gasteiger partial charge on any atom is -0.231 e. The van der Waals surface area contributed by atoms with Crippen molar-refractivity contribution in [1.29, 1.82) is 0 Å². The number of hydrogen-bond acceptors (Lipinski definition) is 0. The van der Waals surface area contributed by atoms with Gasteiger partial charge in [0.2, 0.25) is 0 Å². The topological polar surface area (TPSA) is 0 Å². The van der Waals surface area contributed by atoms with Crippen LogP contribution in [0.2, 0.25) is 0 Å². The average Bonchev–Trinajstić information content (AvgIpc) is 1.94. The Hall–Kier alpha value is 0.140. The molecule has 0 saturated heterocycles. The van der Waals surface area contributed by atoms with Gasteiger partial charge in [-0.25, -0.2) is 4.39 Å². The van der Waals surface area contributed by atoms with Crippen molar-refractivity contribution in [2.45, 2.75) is 30.9 Å². The molecule has 0 N–H and O–H groups in total. The summed E-state index contributed by atoms with van der Waals surface area (Å²) in [5.74, 6) is 0. The van der Waals surface area contributed by atoms with Crippen LogP contribution in [0.3, 0.4) is 0 Å². The summed E-state index contributed by atoms with van der Waals surface area (Å²) < 4.78 is 12.1. The molecule has 0 heterocycles. The molecule has 0 amide bonds. The molecule has 0 spiro atoms. The molecular formula is C9H12FI. The van der Waals surface area contributed by atoms with Crippen molar-refractivity contribution < 1.29 is 4.39 Å². The maximum Gasteiger partial charge on any atom is 0.172 e. The Morgan fingerprint density at radius 1 is 1.55 bits per heavy atom. The van der Waals surface area contributed by atoms with Crippen LogP contribution in [0.25, 0.3) is 0 Å². The quantitative estimate of drug-likeness (QED) is 0.500. The van der Waals surface area contributed by atoms with Crippen molar-refractivity contribution in [2.24, 2.45) is 0 Å². The second-order valence-corrected chi connectivity index (χ2v) is 3.97. The van der Waals surface area contributed by atoms with Gasteiger partial charge in [-0.2, -0.15) is 0 Å². The Morgan fingerprint density at radius 3 is 2.64 bits per heavy atom. The summed E-state index contributed by atoms with van der Waals surface area (Å²) >= 11 is 1.84. The Balaban J connectivity index is 2.91. The lowest BCUT2D eigenvalue weighted by Crippen LogP contribution is -2.03. The van der Waals surface area contributed by atoms with Crippen molar-refractivity contribution in [2.75, 3.05) is 0 Å². The highest BCUT2D eigenvalue weighted by Crippen LogP contribution is 2.30. The lowest BCUT2D eigenvalue weighted by molar-refractivity contribution is 0.505. The van der Waals surface area contributed by atoms with E-state index < -0.39 is 4.18 Å². The summed E-state index contributed by atoms with van der Waals surface area (Å²) in [6.45, 7) is 4.05. The second kappa shape index (κ2) is 3.70. The molecule has 0 aromatic carbocycles. The third-order valence-electron chi connectivity index (χ3n) is 2.20. The number of alkyl halides is 2. The predicted octanol–water partition coefficient (Wildman–Crippen LogP) is 3.77. The monoisotopic (exact) mass is 266 g/mol. The van der Waals surface area contributed by atoms with E-state index in [0.29, 0.717) is 0 Å². The van der Waals surface area contributed by atoms with Crippen LogP contribution in [0.1, 0.15) is 26.7 Å². The molecule has 2 heteroatoms. The maximum atomic E-state index is 12.9.